The average Bonchev–Trinajstić information content (AvgIpc) is 3.88. The van der Waals surface area contributed by atoms with E-state index >= 15 is 0 Å². The van der Waals surface area contributed by atoms with Gasteiger partial charge >= 0.3 is 0 Å². The third-order valence-corrected chi connectivity index (χ3v) is 9.53. The number of H-pyrrole nitrogens is 1. The Balaban J connectivity index is 1.10. The average molecular weight is 703 g/mol. The van der Waals surface area contributed by atoms with Crippen molar-refractivity contribution in [1.82, 2.24) is 39.0 Å². The monoisotopic (exact) mass is 702 g/mol. The number of nitrogens with zero attached hydrogens (tertiary/aromatic N) is 7. The van der Waals surface area contributed by atoms with Gasteiger partial charge in [0.2, 0.25) is 5.95 Å². The SMILES string of the molecule is Nc1nc2c(ncn2[C@@H]2O[C@@H]3CNc4c(c(=O)c4=O)NC4C(O)[C@H](n5cnc6c(N)ncnc65)O[C@@H]4CNc4c(c(=O)c4=O)NC2C3O)c(=O)[nH]1. The van der Waals surface area contributed by atoms with Crippen LogP contribution in [0.5, 0.6) is 0 Å². The van der Waals surface area contributed by atoms with Crippen molar-refractivity contribution < 1.29 is 19.7 Å². The van der Waals surface area contributed by atoms with Crippen molar-refractivity contribution in [3.05, 3.63) is 70.2 Å². The molecule has 7 heterocycles. The number of aromatic nitrogens is 8. The molecule has 0 amide bonds. The summed E-state index contributed by atoms with van der Waals surface area (Å²) < 4.78 is 15.2. The largest absolute Gasteiger partial charge is 0.388 e. The summed E-state index contributed by atoms with van der Waals surface area (Å²) in [6.07, 6.45) is -3.38. The predicted octanol–water partition coefficient (Wildman–Crippen LogP) is -4.37. The van der Waals surface area contributed by atoms with E-state index in [0.29, 0.717) is 0 Å². The highest BCUT2D eigenvalue weighted by Crippen LogP contribution is 2.37. The van der Waals surface area contributed by atoms with E-state index in [1.54, 1.807) is 0 Å². The first-order valence-electron chi connectivity index (χ1n) is 15.5. The molecule has 23 nitrogen and oxygen atoms in total. The Morgan fingerprint density at radius 1 is 0.686 bits per heavy atom. The third-order valence-electron chi connectivity index (χ3n) is 9.53. The van der Waals surface area contributed by atoms with E-state index in [1.165, 1.54) is 28.1 Å². The van der Waals surface area contributed by atoms with Crippen LogP contribution in [0.4, 0.5) is 34.5 Å². The highest BCUT2D eigenvalue weighted by Gasteiger charge is 2.49. The minimum atomic E-state index is -1.40. The highest BCUT2D eigenvalue weighted by atomic mass is 16.5. The molecule has 2 aromatic carbocycles. The number of fused-ring (bicyclic) bond motifs is 7. The maximum atomic E-state index is 12.9. The van der Waals surface area contributed by atoms with Crippen LogP contribution < -0.4 is 60.0 Å². The van der Waals surface area contributed by atoms with Gasteiger partial charge in [-0.25, -0.2) is 19.9 Å². The number of hydrogen-bond acceptors (Lipinski definition) is 20. The van der Waals surface area contributed by atoms with Gasteiger partial charge in [0.05, 0.1) is 18.7 Å². The zero-order valence-electron chi connectivity index (χ0n) is 25.8. The zero-order chi connectivity index (χ0) is 35.5. The second-order valence-electron chi connectivity index (χ2n) is 12.4. The number of nitrogens with one attached hydrogen (secondary N) is 5. The van der Waals surface area contributed by atoms with Crippen LogP contribution in [0.25, 0.3) is 22.3 Å². The lowest BCUT2D eigenvalue weighted by molar-refractivity contribution is -0.0311. The molecule has 0 radical (unpaired) electrons. The summed E-state index contributed by atoms with van der Waals surface area (Å²) in [6, 6.07) is -2.21. The summed E-state index contributed by atoms with van der Waals surface area (Å²) in [5.74, 6) is -0.113. The Labute approximate surface area is 280 Å². The van der Waals surface area contributed by atoms with Crippen LogP contribution >= 0.6 is 0 Å². The number of anilines is 6. The first-order chi connectivity index (χ1) is 24.5. The normalized spacial score (nSPS) is 27.9. The Morgan fingerprint density at radius 3 is 1.98 bits per heavy atom. The third kappa shape index (κ3) is 4.38. The van der Waals surface area contributed by atoms with Gasteiger partial charge in [-0.15, -0.1) is 0 Å². The van der Waals surface area contributed by atoms with Crippen LogP contribution in [0.15, 0.2) is 43.0 Å². The molecule has 262 valence electrons. The fraction of sp³-hybridized carbons (Fsp3) is 0.357. The van der Waals surface area contributed by atoms with E-state index in [2.05, 4.69) is 51.2 Å². The summed E-state index contributed by atoms with van der Waals surface area (Å²) in [5, 5.41) is 34.7. The van der Waals surface area contributed by atoms with Crippen LogP contribution in [-0.4, -0.2) is 98.8 Å². The number of rotatable bonds is 2. The Bertz CT molecular complexity index is 2600. The number of nitrogens with two attached hydrogens (primary N) is 2. The van der Waals surface area contributed by atoms with Gasteiger partial charge in [0, 0.05) is 13.1 Å². The van der Waals surface area contributed by atoms with Gasteiger partial charge in [-0.1, -0.05) is 0 Å². The minimum Gasteiger partial charge on any atom is -0.388 e. The summed E-state index contributed by atoms with van der Waals surface area (Å²) >= 11 is 0. The zero-order valence-corrected chi connectivity index (χ0v) is 25.8. The first-order valence-corrected chi connectivity index (χ1v) is 15.5. The van der Waals surface area contributed by atoms with Crippen LogP contribution in [-0.2, 0) is 9.47 Å². The molecule has 8 atom stereocenters. The van der Waals surface area contributed by atoms with E-state index in [-0.39, 0.29) is 69.9 Å². The molecule has 4 unspecified atom stereocenters. The quantitative estimate of drug-likeness (QED) is 0.0769. The van der Waals surface area contributed by atoms with Crippen molar-refractivity contribution in [2.75, 3.05) is 45.8 Å². The molecule has 2 bridgehead atoms. The molecule has 9 rings (SSSR count). The van der Waals surface area contributed by atoms with Crippen molar-refractivity contribution in [2.45, 2.75) is 49.0 Å². The molecule has 6 aromatic rings. The molecule has 2 fully saturated rings. The summed E-state index contributed by atoms with van der Waals surface area (Å²) in [5.41, 5.74) is 7.48. The van der Waals surface area contributed by atoms with Gasteiger partial charge in [-0.2, -0.15) is 4.98 Å². The van der Waals surface area contributed by atoms with Crippen molar-refractivity contribution >= 4 is 56.8 Å². The number of hydrogen-bond donors (Lipinski definition) is 9. The lowest BCUT2D eigenvalue weighted by atomic mass is 10.0. The minimum absolute atomic E-state index is 0.0120. The van der Waals surface area contributed by atoms with Gasteiger partial charge in [0.15, 0.2) is 35.1 Å². The van der Waals surface area contributed by atoms with Gasteiger partial charge < -0.3 is 52.4 Å². The van der Waals surface area contributed by atoms with Crippen molar-refractivity contribution in [1.29, 1.82) is 0 Å². The maximum Gasteiger partial charge on any atom is 0.280 e. The number of ether oxygens (including phenoxy) is 2. The Kier molecular flexibility index (Phi) is 6.54. The Hall–Kier alpha value is -6.30. The molecule has 0 aliphatic carbocycles. The van der Waals surface area contributed by atoms with Crippen molar-refractivity contribution in [3.8, 4) is 0 Å². The Morgan fingerprint density at radius 2 is 1.27 bits per heavy atom. The molecule has 3 aliphatic heterocycles. The lowest BCUT2D eigenvalue weighted by Crippen LogP contribution is -2.48. The van der Waals surface area contributed by atoms with Gasteiger partial charge in [0.1, 0.15) is 65.1 Å². The van der Waals surface area contributed by atoms with Crippen LogP contribution in [0.2, 0.25) is 0 Å². The second kappa shape index (κ2) is 10.8. The number of aliphatic hydroxyl groups is 2. The van der Waals surface area contributed by atoms with Crippen LogP contribution in [0.3, 0.4) is 0 Å². The van der Waals surface area contributed by atoms with Crippen molar-refractivity contribution in [2.24, 2.45) is 0 Å². The number of aliphatic hydroxyl groups excluding tert-OH is 2. The van der Waals surface area contributed by atoms with Crippen LogP contribution in [0.1, 0.15) is 12.5 Å². The van der Waals surface area contributed by atoms with E-state index in [0.717, 1.165) is 0 Å². The van der Waals surface area contributed by atoms with E-state index in [1.807, 2.05) is 0 Å². The molecule has 51 heavy (non-hydrogen) atoms. The summed E-state index contributed by atoms with van der Waals surface area (Å²) in [4.78, 5) is 86.9. The summed E-state index contributed by atoms with van der Waals surface area (Å²) in [7, 11) is 0. The molecule has 0 saturated carbocycles. The van der Waals surface area contributed by atoms with E-state index < -0.39 is 76.2 Å². The van der Waals surface area contributed by atoms with Crippen molar-refractivity contribution in [3.63, 3.8) is 0 Å². The van der Waals surface area contributed by atoms with E-state index in [9.17, 15) is 34.2 Å². The number of imidazole rings is 2. The van der Waals surface area contributed by atoms with E-state index in [4.69, 9.17) is 20.9 Å². The molecule has 23 heteroatoms. The highest BCUT2D eigenvalue weighted by molar-refractivity contribution is 5.81. The fourth-order valence-corrected chi connectivity index (χ4v) is 6.95. The van der Waals surface area contributed by atoms with Gasteiger partial charge in [-0.05, 0) is 0 Å². The molecule has 3 aliphatic rings. The van der Waals surface area contributed by atoms with Gasteiger partial charge in [0.25, 0.3) is 27.3 Å². The molecular formula is C28H26N14O9. The standard InChI is InChI=1S/C28H26N14O9/c29-22-14-23(34-3-33-22)41(4-35-14)27-21(48)8-6(50-27)1-31-10-12(20(47)18(10)45)38-13-16(43)7(2-32-9-11(37-8)19(46)17(9)44)51-26(13)42-5-36-15-24(42)39-28(30)40-25(15)49/h3-8,13,16,21,26-27,31-32,37-38,43,48H,1-2H2,(H2,29,33,34)(H3,30,39,40,49)/t6-,7-,8?,13?,16?,21?,26-,27-/m1/s1. The van der Waals surface area contributed by atoms with Crippen LogP contribution in [0, 0.1) is 0 Å². The molecule has 4 aromatic heterocycles. The smallest absolute Gasteiger partial charge is 0.280 e. The lowest BCUT2D eigenvalue weighted by Gasteiger charge is -2.27. The fourth-order valence-electron chi connectivity index (χ4n) is 6.95. The molecular weight excluding hydrogens is 676 g/mol. The summed E-state index contributed by atoms with van der Waals surface area (Å²) in [6.45, 7) is -0.423. The predicted molar refractivity (Wildman–Crippen MR) is 177 cm³/mol. The molecule has 0 spiro atoms. The second-order valence-corrected chi connectivity index (χ2v) is 12.4. The first kappa shape index (κ1) is 30.7. The maximum absolute atomic E-state index is 12.9. The topological polar surface area (TPSA) is 335 Å². The number of nitrogen functional groups attached to an aromatic ring is 2. The molecule has 11 N–H and O–H groups in total. The number of aromatic amines is 1. The van der Waals surface area contributed by atoms with Gasteiger partial charge in [-0.3, -0.25) is 38.1 Å². The molecule has 2 saturated heterocycles.